The second-order valence-electron chi connectivity index (χ2n) is 5.73. The third-order valence-electron chi connectivity index (χ3n) is 3.59. The molecule has 0 radical (unpaired) electrons. The molecule has 0 saturated carbocycles. The molecule has 2 rings (SSSR count). The number of benzene rings is 1. The van der Waals surface area contributed by atoms with Gasteiger partial charge in [-0.2, -0.15) is 0 Å². The summed E-state index contributed by atoms with van der Waals surface area (Å²) in [7, 11) is 0. The van der Waals surface area contributed by atoms with Crippen molar-refractivity contribution in [3.63, 3.8) is 0 Å². The highest BCUT2D eigenvalue weighted by atomic mass is 16.3. The van der Waals surface area contributed by atoms with Gasteiger partial charge in [0.15, 0.2) is 0 Å². The van der Waals surface area contributed by atoms with Crippen molar-refractivity contribution in [3.05, 3.63) is 29.3 Å². The molecule has 0 aliphatic carbocycles. The van der Waals surface area contributed by atoms with Gasteiger partial charge in [-0.3, -0.25) is 4.79 Å². The molecule has 3 N–H and O–H groups in total. The van der Waals surface area contributed by atoms with E-state index in [1.54, 1.807) is 0 Å². The quantitative estimate of drug-likeness (QED) is 0.680. The van der Waals surface area contributed by atoms with Crippen molar-refractivity contribution in [2.45, 2.75) is 32.1 Å². The van der Waals surface area contributed by atoms with Crippen LogP contribution in [-0.2, 0) is 16.6 Å². The minimum absolute atomic E-state index is 0.0100. The molecular formula is C15H22N2O2. The zero-order valence-electron chi connectivity index (χ0n) is 11.6. The largest absolute Gasteiger partial charge is 0.396 e. The number of amides is 1. The average Bonchev–Trinajstić information content (AvgIpc) is 2.73. The van der Waals surface area contributed by atoms with E-state index >= 15 is 0 Å². The van der Waals surface area contributed by atoms with Gasteiger partial charge in [0.05, 0.1) is 6.42 Å². The number of fused-ring (bicyclic) bond motifs is 1. The summed E-state index contributed by atoms with van der Waals surface area (Å²) in [6.45, 7) is 6.27. The summed E-state index contributed by atoms with van der Waals surface area (Å²) in [5.74, 6) is 0.0750. The highest BCUT2D eigenvalue weighted by molar-refractivity contribution is 5.99. The molecule has 104 valence electrons. The maximum Gasteiger partial charge on any atom is 0.228 e. The first-order chi connectivity index (χ1) is 9.03. The molecule has 0 fully saturated rings. The first kappa shape index (κ1) is 14.0. The Morgan fingerprint density at radius 1 is 1.42 bits per heavy atom. The summed E-state index contributed by atoms with van der Waals surface area (Å²) in [5.41, 5.74) is 3.28. The van der Waals surface area contributed by atoms with Crippen molar-refractivity contribution in [1.29, 1.82) is 0 Å². The predicted molar refractivity (Wildman–Crippen MR) is 76.4 cm³/mol. The van der Waals surface area contributed by atoms with Gasteiger partial charge in [0.25, 0.3) is 0 Å². The van der Waals surface area contributed by atoms with Crippen LogP contribution in [0.4, 0.5) is 5.69 Å². The molecule has 1 amide bonds. The summed E-state index contributed by atoms with van der Waals surface area (Å²) >= 11 is 0. The monoisotopic (exact) mass is 262 g/mol. The van der Waals surface area contributed by atoms with E-state index in [0.717, 1.165) is 30.8 Å². The van der Waals surface area contributed by atoms with Crippen molar-refractivity contribution in [1.82, 2.24) is 5.32 Å². The summed E-state index contributed by atoms with van der Waals surface area (Å²) in [5, 5.41) is 15.0. The molecule has 1 aliphatic heterocycles. The van der Waals surface area contributed by atoms with Crippen molar-refractivity contribution in [2.75, 3.05) is 25.0 Å². The number of aliphatic hydroxyl groups is 1. The van der Waals surface area contributed by atoms with Gasteiger partial charge >= 0.3 is 0 Å². The molecule has 0 atom stereocenters. The van der Waals surface area contributed by atoms with Crippen LogP contribution in [0.1, 0.15) is 31.4 Å². The van der Waals surface area contributed by atoms with E-state index in [0.29, 0.717) is 6.42 Å². The maximum atomic E-state index is 11.4. The van der Waals surface area contributed by atoms with E-state index in [2.05, 4.69) is 36.6 Å². The Hall–Kier alpha value is -1.39. The number of anilines is 1. The topological polar surface area (TPSA) is 61.4 Å². The first-order valence-electron chi connectivity index (χ1n) is 6.78. The normalized spacial score (nSPS) is 14.4. The fourth-order valence-corrected chi connectivity index (χ4v) is 2.36. The highest BCUT2D eigenvalue weighted by Crippen LogP contribution is 2.29. The summed E-state index contributed by atoms with van der Waals surface area (Å²) in [4.78, 5) is 11.4. The standard InChI is InChI=1S/C15H22N2O2/c1-15(2,10-16-6-3-7-18)12-4-5-13-11(8-12)9-14(19)17-13/h4-5,8,16,18H,3,6-7,9-10H2,1-2H3,(H,17,19). The van der Waals surface area contributed by atoms with Gasteiger partial charge in [-0.05, 0) is 30.2 Å². The van der Waals surface area contributed by atoms with Crippen LogP contribution < -0.4 is 10.6 Å². The number of hydrogen-bond acceptors (Lipinski definition) is 3. The molecule has 0 saturated heterocycles. The third kappa shape index (κ3) is 3.33. The fourth-order valence-electron chi connectivity index (χ4n) is 2.36. The zero-order chi connectivity index (χ0) is 13.9. The smallest absolute Gasteiger partial charge is 0.228 e. The zero-order valence-corrected chi connectivity index (χ0v) is 11.6. The predicted octanol–water partition coefficient (Wildman–Crippen LogP) is 1.43. The summed E-state index contributed by atoms with van der Waals surface area (Å²) < 4.78 is 0. The van der Waals surface area contributed by atoms with Gasteiger partial charge in [-0.25, -0.2) is 0 Å². The lowest BCUT2D eigenvalue weighted by atomic mass is 9.83. The Bertz CT molecular complexity index is 469. The summed E-state index contributed by atoms with van der Waals surface area (Å²) in [6, 6.07) is 6.20. The summed E-state index contributed by atoms with van der Waals surface area (Å²) in [6.07, 6.45) is 1.26. The Morgan fingerprint density at radius 2 is 2.21 bits per heavy atom. The van der Waals surface area contributed by atoms with E-state index in [1.165, 1.54) is 5.56 Å². The Kier molecular flexibility index (Phi) is 4.22. The lowest BCUT2D eigenvalue weighted by Crippen LogP contribution is -2.33. The van der Waals surface area contributed by atoms with Crippen LogP contribution in [0.3, 0.4) is 0 Å². The lowest BCUT2D eigenvalue weighted by Gasteiger charge is -2.26. The van der Waals surface area contributed by atoms with Crippen LogP contribution in [0.5, 0.6) is 0 Å². The molecule has 1 heterocycles. The third-order valence-corrected chi connectivity index (χ3v) is 3.59. The number of carbonyl (C=O) groups is 1. The van der Waals surface area contributed by atoms with Gasteiger partial charge in [-0.15, -0.1) is 0 Å². The molecule has 4 heteroatoms. The number of aliphatic hydroxyl groups excluding tert-OH is 1. The second-order valence-corrected chi connectivity index (χ2v) is 5.73. The van der Waals surface area contributed by atoms with Gasteiger partial charge in [0.2, 0.25) is 5.91 Å². The molecule has 19 heavy (non-hydrogen) atoms. The Morgan fingerprint density at radius 3 is 2.95 bits per heavy atom. The SMILES string of the molecule is CC(C)(CNCCCO)c1ccc2c(c1)CC(=O)N2. The molecule has 4 nitrogen and oxygen atoms in total. The first-order valence-corrected chi connectivity index (χ1v) is 6.78. The van der Waals surface area contributed by atoms with Crippen LogP contribution in [0, 0.1) is 0 Å². The van der Waals surface area contributed by atoms with E-state index in [4.69, 9.17) is 5.11 Å². The number of rotatable bonds is 6. The number of nitrogens with one attached hydrogen (secondary N) is 2. The van der Waals surface area contributed by atoms with Crippen molar-refractivity contribution in [2.24, 2.45) is 0 Å². The fraction of sp³-hybridized carbons (Fsp3) is 0.533. The van der Waals surface area contributed by atoms with Crippen molar-refractivity contribution in [3.8, 4) is 0 Å². The minimum Gasteiger partial charge on any atom is -0.396 e. The van der Waals surface area contributed by atoms with Gasteiger partial charge < -0.3 is 15.7 Å². The Labute approximate surface area is 114 Å². The maximum absolute atomic E-state index is 11.4. The second kappa shape index (κ2) is 5.72. The molecular weight excluding hydrogens is 240 g/mol. The van der Waals surface area contributed by atoms with E-state index < -0.39 is 0 Å². The molecule has 1 aromatic carbocycles. The highest BCUT2D eigenvalue weighted by Gasteiger charge is 2.24. The van der Waals surface area contributed by atoms with Crippen molar-refractivity contribution < 1.29 is 9.90 Å². The lowest BCUT2D eigenvalue weighted by molar-refractivity contribution is -0.115. The van der Waals surface area contributed by atoms with E-state index in [-0.39, 0.29) is 17.9 Å². The van der Waals surface area contributed by atoms with E-state index in [1.807, 2.05) is 6.07 Å². The van der Waals surface area contributed by atoms with Gasteiger partial charge in [-0.1, -0.05) is 26.0 Å². The molecule has 0 spiro atoms. The van der Waals surface area contributed by atoms with E-state index in [9.17, 15) is 4.79 Å². The van der Waals surface area contributed by atoms with Crippen LogP contribution in [-0.4, -0.2) is 30.7 Å². The molecule has 0 aromatic heterocycles. The van der Waals surface area contributed by atoms with Gasteiger partial charge in [0, 0.05) is 24.3 Å². The van der Waals surface area contributed by atoms with Crippen LogP contribution >= 0.6 is 0 Å². The molecule has 1 aliphatic rings. The number of carbonyl (C=O) groups excluding carboxylic acids is 1. The van der Waals surface area contributed by atoms with Crippen molar-refractivity contribution >= 4 is 11.6 Å². The van der Waals surface area contributed by atoms with Crippen LogP contribution in [0.25, 0.3) is 0 Å². The van der Waals surface area contributed by atoms with Crippen LogP contribution in [0.2, 0.25) is 0 Å². The van der Waals surface area contributed by atoms with Crippen LogP contribution in [0.15, 0.2) is 18.2 Å². The van der Waals surface area contributed by atoms with Gasteiger partial charge in [0.1, 0.15) is 0 Å². The average molecular weight is 262 g/mol. The minimum atomic E-state index is 0.0100. The molecule has 0 unspecified atom stereocenters. The molecule has 0 bridgehead atoms. The number of hydrogen-bond donors (Lipinski definition) is 3. The molecule has 1 aromatic rings. The Balaban J connectivity index is 2.04.